The molecule has 112 valence electrons. The van der Waals surface area contributed by atoms with Gasteiger partial charge in [0.1, 0.15) is 5.75 Å². The van der Waals surface area contributed by atoms with E-state index in [1.54, 1.807) is 32.3 Å². The van der Waals surface area contributed by atoms with Gasteiger partial charge in [-0.2, -0.15) is 0 Å². The van der Waals surface area contributed by atoms with Gasteiger partial charge in [-0.1, -0.05) is 6.07 Å². The summed E-state index contributed by atoms with van der Waals surface area (Å²) in [4.78, 5) is 24.7. The van der Waals surface area contributed by atoms with Gasteiger partial charge in [0.05, 0.1) is 16.6 Å². The van der Waals surface area contributed by atoms with Crippen molar-refractivity contribution in [1.82, 2.24) is 9.30 Å². The van der Waals surface area contributed by atoms with Gasteiger partial charge < -0.3 is 19.8 Å². The van der Waals surface area contributed by atoms with E-state index in [0.717, 1.165) is 16.4 Å². The van der Waals surface area contributed by atoms with Gasteiger partial charge in [-0.3, -0.25) is 4.79 Å². The van der Waals surface area contributed by atoms with Crippen LogP contribution in [0.5, 0.6) is 5.75 Å². The van der Waals surface area contributed by atoms with Crippen LogP contribution in [0, 0.1) is 0 Å². The molecule has 0 spiro atoms. The summed E-state index contributed by atoms with van der Waals surface area (Å²) < 4.78 is 7.11. The number of carbonyl (C=O) groups excluding carboxylic acids is 2. The summed E-state index contributed by atoms with van der Waals surface area (Å²) in [5.41, 5.74) is 7.44. The third-order valence-electron chi connectivity index (χ3n) is 3.43. The van der Waals surface area contributed by atoms with Crippen LogP contribution in [0.1, 0.15) is 10.4 Å². The van der Waals surface area contributed by atoms with Crippen LogP contribution >= 0.6 is 0 Å². The maximum atomic E-state index is 11.8. The Morgan fingerprint density at radius 2 is 1.91 bits per heavy atom. The third-order valence-corrected chi connectivity index (χ3v) is 3.43. The lowest BCUT2D eigenvalue weighted by atomic mass is 10.1. The summed E-state index contributed by atoms with van der Waals surface area (Å²) in [5.74, 6) is -0.0813. The Hall–Kier alpha value is -3.02. The molecule has 0 fully saturated rings. The van der Waals surface area contributed by atoms with E-state index < -0.39 is 12.0 Å². The van der Waals surface area contributed by atoms with Gasteiger partial charge in [0, 0.05) is 31.7 Å². The van der Waals surface area contributed by atoms with Gasteiger partial charge in [-0.25, -0.2) is 4.79 Å². The molecule has 0 aliphatic heterocycles. The van der Waals surface area contributed by atoms with E-state index in [1.807, 2.05) is 28.8 Å². The van der Waals surface area contributed by atoms with E-state index in [-0.39, 0.29) is 0 Å². The highest BCUT2D eigenvalue weighted by Gasteiger charge is 2.17. The molecule has 0 radical (unpaired) electrons. The first kappa shape index (κ1) is 13.9. The average molecular weight is 297 g/mol. The Kier molecular flexibility index (Phi) is 3.21. The minimum atomic E-state index is -0.489. The molecule has 0 aliphatic rings. The quantitative estimate of drug-likeness (QED) is 0.788. The van der Waals surface area contributed by atoms with Crippen LogP contribution in [0.15, 0.2) is 42.6 Å². The fourth-order valence-electron chi connectivity index (χ4n) is 2.43. The molecule has 2 amide bonds. The number of benzene rings is 1. The first-order valence-electron chi connectivity index (χ1n) is 6.71. The number of nitrogens with two attached hydrogens (primary N) is 1. The monoisotopic (exact) mass is 297 g/mol. The summed E-state index contributed by atoms with van der Waals surface area (Å²) in [7, 11) is 3.22. The molecule has 3 aromatic rings. The largest absolute Gasteiger partial charge is 0.414 e. The van der Waals surface area contributed by atoms with Crippen molar-refractivity contribution < 1.29 is 14.3 Å². The van der Waals surface area contributed by atoms with Crippen molar-refractivity contribution in [2.45, 2.75) is 0 Å². The summed E-state index contributed by atoms with van der Waals surface area (Å²) in [6.45, 7) is 0. The predicted molar refractivity (Wildman–Crippen MR) is 83.1 cm³/mol. The van der Waals surface area contributed by atoms with Crippen LogP contribution in [0.25, 0.3) is 16.4 Å². The topological polar surface area (TPSA) is 77.0 Å². The normalized spacial score (nSPS) is 10.8. The molecular weight excluding hydrogens is 282 g/mol. The van der Waals surface area contributed by atoms with Crippen molar-refractivity contribution in [3.63, 3.8) is 0 Å². The number of hydrogen-bond acceptors (Lipinski definition) is 3. The van der Waals surface area contributed by atoms with E-state index in [4.69, 9.17) is 10.5 Å². The van der Waals surface area contributed by atoms with E-state index in [1.165, 1.54) is 4.90 Å². The molecule has 6 heteroatoms. The summed E-state index contributed by atoms with van der Waals surface area (Å²) in [6, 6.07) is 10.6. The van der Waals surface area contributed by atoms with E-state index in [9.17, 15) is 9.59 Å². The second-order valence-corrected chi connectivity index (χ2v) is 5.14. The van der Waals surface area contributed by atoms with Crippen LogP contribution < -0.4 is 10.5 Å². The Bertz CT molecular complexity index is 896. The molecule has 0 saturated heterocycles. The van der Waals surface area contributed by atoms with Crippen molar-refractivity contribution in [3.05, 3.63) is 48.2 Å². The van der Waals surface area contributed by atoms with Crippen molar-refractivity contribution >= 4 is 28.4 Å². The molecule has 1 aromatic carbocycles. The van der Waals surface area contributed by atoms with Crippen molar-refractivity contribution in [3.8, 4) is 5.75 Å². The average Bonchev–Trinajstić information content (AvgIpc) is 2.81. The zero-order valence-corrected chi connectivity index (χ0v) is 12.2. The highest BCUT2D eigenvalue weighted by molar-refractivity contribution is 6.13. The molecule has 0 bridgehead atoms. The fourth-order valence-corrected chi connectivity index (χ4v) is 2.43. The standard InChI is InChI=1S/C16H15N3O3/c1-18(2)16(21)22-10-6-7-11-13(9-10)19-8-4-3-5-12(19)14(11)15(17)20/h3-9H,1-2H3,(H2,17,20). The van der Waals surface area contributed by atoms with Crippen LogP contribution in [0.4, 0.5) is 4.79 Å². The smallest absolute Gasteiger partial charge is 0.410 e. The van der Waals surface area contributed by atoms with Crippen LogP contribution in [-0.2, 0) is 0 Å². The molecule has 6 nitrogen and oxygen atoms in total. The van der Waals surface area contributed by atoms with Gasteiger partial charge in [-0.15, -0.1) is 0 Å². The van der Waals surface area contributed by atoms with Gasteiger partial charge >= 0.3 is 6.09 Å². The molecule has 2 aromatic heterocycles. The lowest BCUT2D eigenvalue weighted by Crippen LogP contribution is -2.25. The first-order chi connectivity index (χ1) is 10.5. The maximum Gasteiger partial charge on any atom is 0.414 e. The summed E-state index contributed by atoms with van der Waals surface area (Å²) >= 11 is 0. The maximum absolute atomic E-state index is 11.8. The molecule has 2 heterocycles. The number of pyridine rings is 1. The number of hydrogen-bond donors (Lipinski definition) is 1. The van der Waals surface area contributed by atoms with Crippen molar-refractivity contribution in [2.75, 3.05) is 14.1 Å². The molecule has 0 unspecified atom stereocenters. The minimum Gasteiger partial charge on any atom is -0.410 e. The fraction of sp³-hybridized carbons (Fsp3) is 0.125. The predicted octanol–water partition coefficient (Wildman–Crippen LogP) is 2.25. The van der Waals surface area contributed by atoms with Crippen molar-refractivity contribution in [1.29, 1.82) is 0 Å². The second-order valence-electron chi connectivity index (χ2n) is 5.14. The minimum absolute atomic E-state index is 0.408. The highest BCUT2D eigenvalue weighted by Crippen LogP contribution is 2.29. The summed E-state index contributed by atoms with van der Waals surface area (Å²) in [5, 5.41) is 0.725. The Morgan fingerprint density at radius 1 is 1.14 bits per heavy atom. The number of amides is 2. The van der Waals surface area contributed by atoms with Crippen LogP contribution in [0.3, 0.4) is 0 Å². The van der Waals surface area contributed by atoms with Crippen LogP contribution in [0.2, 0.25) is 0 Å². The number of primary amides is 1. The van der Waals surface area contributed by atoms with Gasteiger partial charge in [-0.05, 0) is 24.3 Å². The van der Waals surface area contributed by atoms with Gasteiger partial charge in [0.2, 0.25) is 0 Å². The van der Waals surface area contributed by atoms with E-state index in [2.05, 4.69) is 0 Å². The number of ether oxygens (including phenoxy) is 1. The molecule has 0 saturated carbocycles. The number of carbonyl (C=O) groups is 2. The third kappa shape index (κ3) is 2.14. The molecule has 0 atom stereocenters. The number of rotatable bonds is 2. The Balaban J connectivity index is 2.22. The van der Waals surface area contributed by atoms with Gasteiger partial charge in [0.25, 0.3) is 5.91 Å². The van der Waals surface area contributed by atoms with E-state index >= 15 is 0 Å². The number of nitrogens with zero attached hydrogens (tertiary/aromatic N) is 2. The molecular formula is C16H15N3O3. The molecule has 0 aliphatic carbocycles. The van der Waals surface area contributed by atoms with Crippen molar-refractivity contribution in [2.24, 2.45) is 5.73 Å². The molecule has 22 heavy (non-hydrogen) atoms. The summed E-state index contributed by atoms with van der Waals surface area (Å²) in [6.07, 6.45) is 1.37. The number of fused-ring (bicyclic) bond motifs is 3. The Labute approximate surface area is 126 Å². The van der Waals surface area contributed by atoms with E-state index in [0.29, 0.717) is 11.3 Å². The lowest BCUT2D eigenvalue weighted by Gasteiger charge is -2.10. The highest BCUT2D eigenvalue weighted by atomic mass is 16.6. The molecule has 3 rings (SSSR count). The molecule has 2 N–H and O–H groups in total. The van der Waals surface area contributed by atoms with Crippen LogP contribution in [-0.4, -0.2) is 35.4 Å². The SMILES string of the molecule is CN(C)C(=O)Oc1ccc2c(C(N)=O)c3ccccn3c2c1. The number of aromatic nitrogens is 1. The zero-order chi connectivity index (χ0) is 15.9. The zero-order valence-electron chi connectivity index (χ0n) is 12.2. The lowest BCUT2D eigenvalue weighted by molar-refractivity contribution is 0.100. The Morgan fingerprint density at radius 3 is 2.59 bits per heavy atom. The van der Waals surface area contributed by atoms with Gasteiger partial charge in [0.15, 0.2) is 0 Å². The second kappa shape index (κ2) is 5.07. The first-order valence-corrected chi connectivity index (χ1v) is 6.71.